The third kappa shape index (κ3) is 4.98. The Morgan fingerprint density at radius 2 is 2.05 bits per heavy atom. The number of hydrogen-bond donors (Lipinski definition) is 2. The minimum absolute atomic E-state index is 0.205. The number of nitrogens with zero attached hydrogens (tertiary/aromatic N) is 2. The molecule has 0 spiro atoms. The summed E-state index contributed by atoms with van der Waals surface area (Å²) in [7, 11) is 1.78. The molecule has 122 valence electrons. The molecule has 1 saturated heterocycles. The van der Waals surface area contributed by atoms with Crippen molar-refractivity contribution in [3.05, 3.63) is 35.6 Å². The highest BCUT2D eigenvalue weighted by atomic mass is 19.1. The van der Waals surface area contributed by atoms with Crippen LogP contribution >= 0.6 is 0 Å². The molecule has 0 saturated carbocycles. The zero-order chi connectivity index (χ0) is 15.8. The van der Waals surface area contributed by atoms with Gasteiger partial charge < -0.3 is 10.6 Å². The van der Waals surface area contributed by atoms with E-state index in [-0.39, 0.29) is 5.82 Å². The molecule has 22 heavy (non-hydrogen) atoms. The Morgan fingerprint density at radius 3 is 2.73 bits per heavy atom. The van der Waals surface area contributed by atoms with E-state index in [0.717, 1.165) is 24.6 Å². The Bertz CT molecular complexity index is 472. The molecule has 1 atom stereocenters. The SMILES string of the molecule is CCN1CCCCC1CNC(=NC)NCc1ccc(F)cc1. The first-order chi connectivity index (χ1) is 10.7. The maximum atomic E-state index is 12.9. The van der Waals surface area contributed by atoms with Crippen LogP contribution < -0.4 is 10.6 Å². The summed E-state index contributed by atoms with van der Waals surface area (Å²) in [5.41, 5.74) is 1.04. The lowest BCUT2D eigenvalue weighted by atomic mass is 10.0. The van der Waals surface area contributed by atoms with Gasteiger partial charge in [0.1, 0.15) is 5.82 Å². The average Bonchev–Trinajstić information content (AvgIpc) is 2.57. The highest BCUT2D eigenvalue weighted by Gasteiger charge is 2.20. The van der Waals surface area contributed by atoms with Gasteiger partial charge >= 0.3 is 0 Å². The van der Waals surface area contributed by atoms with E-state index in [1.54, 1.807) is 19.2 Å². The first-order valence-corrected chi connectivity index (χ1v) is 8.16. The molecule has 0 bridgehead atoms. The van der Waals surface area contributed by atoms with Gasteiger partial charge in [0.25, 0.3) is 0 Å². The molecule has 0 amide bonds. The fourth-order valence-corrected chi connectivity index (χ4v) is 2.93. The molecule has 0 aliphatic carbocycles. The molecule has 4 nitrogen and oxygen atoms in total. The number of aliphatic imine (C=N–C) groups is 1. The molecule has 5 heteroatoms. The van der Waals surface area contributed by atoms with Crippen LogP contribution in [0.1, 0.15) is 31.7 Å². The van der Waals surface area contributed by atoms with E-state index in [1.807, 2.05) is 0 Å². The first kappa shape index (κ1) is 16.7. The van der Waals surface area contributed by atoms with Gasteiger partial charge in [0.2, 0.25) is 0 Å². The quantitative estimate of drug-likeness (QED) is 0.648. The van der Waals surface area contributed by atoms with Crippen LogP contribution in [0.2, 0.25) is 0 Å². The summed E-state index contributed by atoms with van der Waals surface area (Å²) in [6.45, 7) is 6.08. The standard InChI is InChI=1S/C17H27FN4/c1-3-22-11-5-4-6-16(22)13-21-17(19-2)20-12-14-7-9-15(18)10-8-14/h7-10,16H,3-6,11-13H2,1-2H3,(H2,19,20,21). The second kappa shape index (κ2) is 8.73. The maximum absolute atomic E-state index is 12.9. The van der Waals surface area contributed by atoms with E-state index in [4.69, 9.17) is 0 Å². The summed E-state index contributed by atoms with van der Waals surface area (Å²) in [5, 5.41) is 6.68. The molecule has 1 aliphatic heterocycles. The predicted octanol–water partition coefficient (Wildman–Crippen LogP) is 2.37. The van der Waals surface area contributed by atoms with Crippen molar-refractivity contribution in [1.29, 1.82) is 0 Å². The molecule has 1 aliphatic rings. The van der Waals surface area contributed by atoms with Crippen molar-refractivity contribution in [2.24, 2.45) is 4.99 Å². The lowest BCUT2D eigenvalue weighted by Crippen LogP contribution is -2.48. The van der Waals surface area contributed by atoms with E-state index in [0.29, 0.717) is 12.6 Å². The molecule has 1 unspecified atom stereocenters. The summed E-state index contributed by atoms with van der Waals surface area (Å²) >= 11 is 0. The van der Waals surface area contributed by atoms with Crippen molar-refractivity contribution in [1.82, 2.24) is 15.5 Å². The minimum atomic E-state index is -0.205. The van der Waals surface area contributed by atoms with Gasteiger partial charge in [-0.05, 0) is 43.6 Å². The van der Waals surface area contributed by atoms with Gasteiger partial charge in [0, 0.05) is 26.2 Å². The maximum Gasteiger partial charge on any atom is 0.191 e. The van der Waals surface area contributed by atoms with Crippen molar-refractivity contribution >= 4 is 5.96 Å². The number of likely N-dealkylation sites (tertiary alicyclic amines) is 1. The van der Waals surface area contributed by atoms with Crippen molar-refractivity contribution < 1.29 is 4.39 Å². The summed E-state index contributed by atoms with van der Waals surface area (Å²) in [4.78, 5) is 6.79. The zero-order valence-corrected chi connectivity index (χ0v) is 13.6. The van der Waals surface area contributed by atoms with E-state index >= 15 is 0 Å². The largest absolute Gasteiger partial charge is 0.355 e. The molecular formula is C17H27FN4. The van der Waals surface area contributed by atoms with Crippen LogP contribution in [0, 0.1) is 5.82 Å². The number of rotatable bonds is 5. The Hall–Kier alpha value is -1.62. The Morgan fingerprint density at radius 1 is 1.27 bits per heavy atom. The van der Waals surface area contributed by atoms with Crippen LogP contribution in [0.25, 0.3) is 0 Å². The van der Waals surface area contributed by atoms with Gasteiger partial charge in [0.15, 0.2) is 5.96 Å². The third-order valence-corrected chi connectivity index (χ3v) is 4.26. The molecule has 1 aromatic rings. The summed E-state index contributed by atoms with van der Waals surface area (Å²) in [6, 6.07) is 7.12. The number of nitrogens with one attached hydrogen (secondary N) is 2. The molecule has 1 heterocycles. The number of hydrogen-bond acceptors (Lipinski definition) is 2. The third-order valence-electron chi connectivity index (χ3n) is 4.26. The van der Waals surface area contributed by atoms with Crippen LogP contribution in [0.5, 0.6) is 0 Å². The molecule has 1 fully saturated rings. The number of likely N-dealkylation sites (N-methyl/N-ethyl adjacent to an activating group) is 1. The van der Waals surface area contributed by atoms with Gasteiger partial charge in [-0.15, -0.1) is 0 Å². The van der Waals surface area contributed by atoms with Gasteiger partial charge in [-0.1, -0.05) is 25.5 Å². The van der Waals surface area contributed by atoms with Crippen molar-refractivity contribution in [3.63, 3.8) is 0 Å². The second-order valence-electron chi connectivity index (χ2n) is 5.71. The average molecular weight is 306 g/mol. The topological polar surface area (TPSA) is 39.7 Å². The summed E-state index contributed by atoms with van der Waals surface area (Å²) < 4.78 is 12.9. The van der Waals surface area contributed by atoms with Crippen LogP contribution in [-0.4, -0.2) is 43.6 Å². The van der Waals surface area contributed by atoms with E-state index < -0.39 is 0 Å². The molecular weight excluding hydrogens is 279 g/mol. The highest BCUT2D eigenvalue weighted by molar-refractivity contribution is 5.79. The lowest BCUT2D eigenvalue weighted by molar-refractivity contribution is 0.157. The predicted molar refractivity (Wildman–Crippen MR) is 89.5 cm³/mol. The number of benzene rings is 1. The lowest BCUT2D eigenvalue weighted by Gasteiger charge is -2.35. The van der Waals surface area contributed by atoms with Crippen molar-refractivity contribution in [2.45, 2.75) is 38.8 Å². The van der Waals surface area contributed by atoms with Crippen molar-refractivity contribution in [2.75, 3.05) is 26.7 Å². The van der Waals surface area contributed by atoms with E-state index in [1.165, 1.54) is 37.9 Å². The first-order valence-electron chi connectivity index (χ1n) is 8.16. The number of halogens is 1. The number of piperidine rings is 1. The van der Waals surface area contributed by atoms with Crippen LogP contribution in [-0.2, 0) is 6.54 Å². The van der Waals surface area contributed by atoms with Gasteiger partial charge in [-0.2, -0.15) is 0 Å². The van der Waals surface area contributed by atoms with Crippen LogP contribution in [0.4, 0.5) is 4.39 Å². The van der Waals surface area contributed by atoms with E-state index in [2.05, 4.69) is 27.4 Å². The zero-order valence-electron chi connectivity index (χ0n) is 13.6. The minimum Gasteiger partial charge on any atom is -0.355 e. The highest BCUT2D eigenvalue weighted by Crippen LogP contribution is 2.15. The van der Waals surface area contributed by atoms with Crippen molar-refractivity contribution in [3.8, 4) is 0 Å². The summed E-state index contributed by atoms with van der Waals surface area (Å²) in [6.07, 6.45) is 3.86. The normalized spacial score (nSPS) is 20.0. The van der Waals surface area contributed by atoms with Gasteiger partial charge in [0.05, 0.1) is 0 Å². The fraction of sp³-hybridized carbons (Fsp3) is 0.588. The second-order valence-corrected chi connectivity index (χ2v) is 5.71. The van der Waals surface area contributed by atoms with Gasteiger partial charge in [-0.3, -0.25) is 9.89 Å². The molecule has 2 rings (SSSR count). The van der Waals surface area contributed by atoms with Crippen LogP contribution in [0.15, 0.2) is 29.3 Å². The molecule has 0 aromatic heterocycles. The Labute approximate surface area is 132 Å². The molecule has 0 radical (unpaired) electrons. The van der Waals surface area contributed by atoms with Crippen LogP contribution in [0.3, 0.4) is 0 Å². The number of guanidine groups is 1. The summed E-state index contributed by atoms with van der Waals surface area (Å²) in [5.74, 6) is 0.592. The smallest absolute Gasteiger partial charge is 0.191 e. The van der Waals surface area contributed by atoms with Gasteiger partial charge in [-0.25, -0.2) is 4.39 Å². The fourth-order valence-electron chi connectivity index (χ4n) is 2.93. The monoisotopic (exact) mass is 306 g/mol. The Balaban J connectivity index is 1.78. The Kier molecular flexibility index (Phi) is 6.65. The molecule has 1 aromatic carbocycles. The van der Waals surface area contributed by atoms with E-state index in [9.17, 15) is 4.39 Å². The molecule has 2 N–H and O–H groups in total.